The van der Waals surface area contributed by atoms with Crippen LogP contribution in [-0.4, -0.2) is 31.0 Å². The summed E-state index contributed by atoms with van der Waals surface area (Å²) in [5, 5.41) is 8.83. The minimum atomic E-state index is -4.50. The number of rotatable bonds is 7. The monoisotopic (exact) mass is 522 g/mol. The maximum Gasteiger partial charge on any atom is 0.416 e. The lowest BCUT2D eigenvalue weighted by molar-refractivity contribution is -0.138. The van der Waals surface area contributed by atoms with Crippen LogP contribution in [-0.2, 0) is 24.0 Å². The lowest BCUT2D eigenvalue weighted by Crippen LogP contribution is -2.04. The fourth-order valence-corrected chi connectivity index (χ4v) is 3.82. The first-order valence-electron chi connectivity index (χ1n) is 11.3. The SMILES string of the molecule is O=C(O)Cc1ccc(COc2ncc(-c3ccc(-c4nc5ccc(C(F)(F)F)cc5[nH]4)c(F)c3)cn2)cc1. The number of aromatic amines is 1. The number of hydrogen-bond acceptors (Lipinski definition) is 5. The Hall–Kier alpha value is -4.80. The van der Waals surface area contributed by atoms with Crippen LogP contribution in [0.2, 0.25) is 0 Å². The van der Waals surface area contributed by atoms with Gasteiger partial charge in [-0.2, -0.15) is 13.2 Å². The van der Waals surface area contributed by atoms with Crippen molar-refractivity contribution in [3.63, 3.8) is 0 Å². The number of aliphatic carboxylic acids is 1. The molecule has 0 saturated heterocycles. The van der Waals surface area contributed by atoms with E-state index in [1.807, 2.05) is 0 Å². The molecule has 0 amide bonds. The largest absolute Gasteiger partial charge is 0.481 e. The van der Waals surface area contributed by atoms with Crippen molar-refractivity contribution in [1.82, 2.24) is 19.9 Å². The van der Waals surface area contributed by atoms with Gasteiger partial charge in [0.2, 0.25) is 0 Å². The second kappa shape index (κ2) is 9.92. The first-order valence-corrected chi connectivity index (χ1v) is 11.3. The molecule has 3 aromatic carbocycles. The number of nitrogens with zero attached hydrogens (tertiary/aromatic N) is 3. The molecule has 5 rings (SSSR count). The second-order valence-corrected chi connectivity index (χ2v) is 8.44. The van der Waals surface area contributed by atoms with Crippen LogP contribution in [0.15, 0.2) is 73.1 Å². The third-order valence-corrected chi connectivity index (χ3v) is 5.74. The van der Waals surface area contributed by atoms with Crippen LogP contribution in [0.25, 0.3) is 33.5 Å². The fourth-order valence-electron chi connectivity index (χ4n) is 3.82. The van der Waals surface area contributed by atoms with Gasteiger partial charge in [0, 0.05) is 18.0 Å². The number of carboxylic acid groups (broad SMARTS) is 1. The van der Waals surface area contributed by atoms with Crippen LogP contribution in [0.4, 0.5) is 17.6 Å². The number of fused-ring (bicyclic) bond motifs is 1. The highest BCUT2D eigenvalue weighted by atomic mass is 19.4. The molecular formula is C27H18F4N4O3. The summed E-state index contributed by atoms with van der Waals surface area (Å²) in [7, 11) is 0. The van der Waals surface area contributed by atoms with E-state index in [2.05, 4.69) is 19.9 Å². The Morgan fingerprint density at radius 3 is 2.29 bits per heavy atom. The summed E-state index contributed by atoms with van der Waals surface area (Å²) >= 11 is 0. The third-order valence-electron chi connectivity index (χ3n) is 5.74. The molecule has 38 heavy (non-hydrogen) atoms. The van der Waals surface area contributed by atoms with E-state index >= 15 is 0 Å². The summed E-state index contributed by atoms with van der Waals surface area (Å²) in [6.07, 6.45) is -1.60. The maximum atomic E-state index is 15.0. The summed E-state index contributed by atoms with van der Waals surface area (Å²) in [5.74, 6) is -1.42. The molecule has 0 aliphatic rings. The summed E-state index contributed by atoms with van der Waals surface area (Å²) < 4.78 is 59.5. The van der Waals surface area contributed by atoms with E-state index in [9.17, 15) is 22.4 Å². The molecule has 0 bridgehead atoms. The number of alkyl halides is 3. The zero-order valence-electron chi connectivity index (χ0n) is 19.5. The van der Waals surface area contributed by atoms with Gasteiger partial charge >= 0.3 is 18.2 Å². The Morgan fingerprint density at radius 1 is 0.921 bits per heavy atom. The number of ether oxygens (including phenoxy) is 1. The van der Waals surface area contributed by atoms with Crippen molar-refractivity contribution in [1.29, 1.82) is 0 Å². The molecular weight excluding hydrogens is 504 g/mol. The number of benzene rings is 3. The zero-order valence-corrected chi connectivity index (χ0v) is 19.5. The van der Waals surface area contributed by atoms with Crippen LogP contribution in [0.5, 0.6) is 6.01 Å². The summed E-state index contributed by atoms with van der Waals surface area (Å²) in [4.78, 5) is 26.0. The van der Waals surface area contributed by atoms with Crippen LogP contribution in [0.3, 0.4) is 0 Å². The van der Waals surface area contributed by atoms with Crippen LogP contribution < -0.4 is 4.74 Å². The number of aromatic nitrogens is 4. The van der Waals surface area contributed by atoms with Crippen molar-refractivity contribution in [2.75, 3.05) is 0 Å². The van der Waals surface area contributed by atoms with Crippen LogP contribution >= 0.6 is 0 Å². The molecule has 0 atom stereocenters. The van der Waals surface area contributed by atoms with E-state index in [0.717, 1.165) is 17.7 Å². The molecule has 2 N–H and O–H groups in total. The molecule has 2 heterocycles. The fraction of sp³-hybridized carbons (Fsp3) is 0.111. The van der Waals surface area contributed by atoms with Gasteiger partial charge in [-0.25, -0.2) is 19.3 Å². The summed E-state index contributed by atoms with van der Waals surface area (Å²) in [5.41, 5.74) is 2.23. The van der Waals surface area contributed by atoms with E-state index in [0.29, 0.717) is 16.7 Å². The minimum absolute atomic E-state index is 0.0612. The number of halogens is 4. The van der Waals surface area contributed by atoms with Gasteiger partial charge in [0.15, 0.2) is 0 Å². The number of H-pyrrole nitrogens is 1. The van der Waals surface area contributed by atoms with Crippen molar-refractivity contribution in [2.45, 2.75) is 19.2 Å². The van der Waals surface area contributed by atoms with E-state index in [4.69, 9.17) is 9.84 Å². The molecule has 0 aliphatic carbocycles. The lowest BCUT2D eigenvalue weighted by Gasteiger charge is -2.07. The highest BCUT2D eigenvalue weighted by molar-refractivity contribution is 5.80. The van der Waals surface area contributed by atoms with E-state index < -0.39 is 23.5 Å². The van der Waals surface area contributed by atoms with Crippen molar-refractivity contribution in [3.05, 3.63) is 95.6 Å². The Morgan fingerprint density at radius 2 is 1.63 bits per heavy atom. The van der Waals surface area contributed by atoms with Gasteiger partial charge in [-0.05, 0) is 47.0 Å². The number of imidazole rings is 1. The van der Waals surface area contributed by atoms with Gasteiger partial charge in [0.05, 0.1) is 28.6 Å². The van der Waals surface area contributed by atoms with E-state index in [1.54, 1.807) is 30.3 Å². The molecule has 0 saturated carbocycles. The summed E-state index contributed by atoms with van der Waals surface area (Å²) in [6.45, 7) is 0.179. The standard InChI is InChI=1S/C27H18F4N4O3/c28-21-10-17(5-7-20(21)25-34-22-8-6-19(27(29,30)31)11-23(22)35-25)18-12-32-26(33-13-18)38-14-16-3-1-15(2-4-16)9-24(36)37/h1-8,10-13H,9,14H2,(H,34,35)(H,36,37). The molecule has 192 valence electrons. The molecule has 0 unspecified atom stereocenters. The Kier molecular flexibility index (Phi) is 6.50. The lowest BCUT2D eigenvalue weighted by atomic mass is 10.1. The number of carbonyl (C=O) groups is 1. The Labute approximate surface area is 212 Å². The van der Waals surface area contributed by atoms with Gasteiger partial charge in [-0.15, -0.1) is 0 Å². The molecule has 0 radical (unpaired) electrons. The first kappa shape index (κ1) is 24.9. The van der Waals surface area contributed by atoms with Crippen molar-refractivity contribution >= 4 is 17.0 Å². The van der Waals surface area contributed by atoms with Gasteiger partial charge in [0.25, 0.3) is 0 Å². The van der Waals surface area contributed by atoms with E-state index in [-0.39, 0.29) is 41.5 Å². The van der Waals surface area contributed by atoms with Crippen molar-refractivity contribution in [2.24, 2.45) is 0 Å². The van der Waals surface area contributed by atoms with Gasteiger partial charge < -0.3 is 14.8 Å². The average molecular weight is 522 g/mol. The Balaban J connectivity index is 1.28. The number of hydrogen-bond donors (Lipinski definition) is 2. The molecule has 0 aliphatic heterocycles. The van der Waals surface area contributed by atoms with E-state index in [1.165, 1.54) is 30.6 Å². The third kappa shape index (κ3) is 5.46. The molecule has 11 heteroatoms. The van der Waals surface area contributed by atoms with Crippen molar-refractivity contribution < 1.29 is 32.2 Å². The topological polar surface area (TPSA) is 101 Å². The normalized spacial score (nSPS) is 11.6. The summed E-state index contributed by atoms with van der Waals surface area (Å²) in [6, 6.07) is 14.5. The minimum Gasteiger partial charge on any atom is -0.481 e. The Bertz CT molecular complexity index is 1620. The second-order valence-electron chi connectivity index (χ2n) is 8.44. The molecule has 0 spiro atoms. The zero-order chi connectivity index (χ0) is 26.9. The van der Waals surface area contributed by atoms with Gasteiger partial charge in [-0.1, -0.05) is 30.3 Å². The molecule has 7 nitrogen and oxygen atoms in total. The van der Waals surface area contributed by atoms with Crippen LogP contribution in [0.1, 0.15) is 16.7 Å². The predicted octanol–water partition coefficient (Wildman–Crippen LogP) is 6.05. The van der Waals surface area contributed by atoms with Crippen molar-refractivity contribution in [3.8, 4) is 28.5 Å². The van der Waals surface area contributed by atoms with Crippen LogP contribution in [0, 0.1) is 5.82 Å². The van der Waals surface area contributed by atoms with Gasteiger partial charge in [-0.3, -0.25) is 4.79 Å². The molecule has 2 aromatic heterocycles. The maximum absolute atomic E-state index is 15.0. The number of nitrogens with one attached hydrogen (secondary N) is 1. The molecule has 0 fully saturated rings. The first-order chi connectivity index (χ1) is 18.2. The predicted molar refractivity (Wildman–Crippen MR) is 130 cm³/mol. The van der Waals surface area contributed by atoms with Gasteiger partial charge in [0.1, 0.15) is 18.2 Å². The smallest absolute Gasteiger partial charge is 0.416 e. The number of carboxylic acids is 1. The highest BCUT2D eigenvalue weighted by Crippen LogP contribution is 2.32. The average Bonchev–Trinajstić information content (AvgIpc) is 3.31. The molecule has 5 aromatic rings. The quantitative estimate of drug-likeness (QED) is 0.252. The highest BCUT2D eigenvalue weighted by Gasteiger charge is 2.30.